The van der Waals surface area contributed by atoms with Crippen molar-refractivity contribution in [3.63, 3.8) is 0 Å². The molecule has 0 aliphatic carbocycles. The van der Waals surface area contributed by atoms with Crippen LogP contribution in [0.15, 0.2) is 42.2 Å². The van der Waals surface area contributed by atoms with E-state index in [2.05, 4.69) is 10.00 Å². The van der Waals surface area contributed by atoms with Gasteiger partial charge in [0, 0.05) is 57.4 Å². The van der Waals surface area contributed by atoms with Crippen LogP contribution in [0.25, 0.3) is 17.3 Å². The van der Waals surface area contributed by atoms with Crippen molar-refractivity contribution in [1.82, 2.24) is 24.6 Å². The number of hydrogen-bond acceptors (Lipinski definition) is 5. The van der Waals surface area contributed by atoms with Crippen molar-refractivity contribution in [3.05, 3.63) is 65.0 Å². The van der Waals surface area contributed by atoms with Gasteiger partial charge in [-0.3, -0.25) is 9.48 Å². The van der Waals surface area contributed by atoms with E-state index >= 15 is 0 Å². The third-order valence-corrected chi connectivity index (χ3v) is 6.39. The van der Waals surface area contributed by atoms with E-state index in [0.29, 0.717) is 25.1 Å². The van der Waals surface area contributed by atoms with Crippen LogP contribution in [0.5, 0.6) is 0 Å². The summed E-state index contributed by atoms with van der Waals surface area (Å²) in [6.45, 7) is 4.33. The number of fused-ring (bicyclic) bond motifs is 1. The zero-order valence-corrected chi connectivity index (χ0v) is 19.0. The molecule has 0 radical (unpaired) electrons. The van der Waals surface area contributed by atoms with Crippen LogP contribution in [0.2, 0.25) is 0 Å². The summed E-state index contributed by atoms with van der Waals surface area (Å²) < 4.78 is 15.8. The molecule has 8 heteroatoms. The Kier molecular flexibility index (Phi) is 5.66. The number of rotatable bonds is 3. The zero-order chi connectivity index (χ0) is 22.9. The quantitative estimate of drug-likeness (QED) is 0.615. The van der Waals surface area contributed by atoms with Gasteiger partial charge in [-0.2, -0.15) is 5.10 Å². The average Bonchev–Trinajstić information content (AvgIpc) is 3.26. The maximum absolute atomic E-state index is 14.1. The van der Waals surface area contributed by atoms with Crippen molar-refractivity contribution in [2.45, 2.75) is 32.7 Å². The lowest BCUT2D eigenvalue weighted by Gasteiger charge is -2.33. The van der Waals surface area contributed by atoms with Crippen molar-refractivity contribution < 1.29 is 9.18 Å². The molecule has 33 heavy (non-hydrogen) atoms. The smallest absolute Gasteiger partial charge is 0.219 e. The molecule has 0 saturated carbocycles. The van der Waals surface area contributed by atoms with Gasteiger partial charge in [0.05, 0.1) is 24.1 Å². The van der Waals surface area contributed by atoms with Gasteiger partial charge in [0.1, 0.15) is 11.5 Å². The van der Waals surface area contributed by atoms with Gasteiger partial charge in [-0.1, -0.05) is 29.8 Å². The molecule has 170 valence electrons. The monoisotopic (exact) mass is 446 g/mol. The standard InChI is InChI=1S/C25H27FN6O/c1-17(33)32-12-9-22-23(16-32)28-24(20-14-27-30(2)15-20)25(29-22)31-10-7-18(8-11-31)13-19-5-3-4-6-21(19)26/h3-6,13-15H,7-12,16H2,1-2H3. The van der Waals surface area contributed by atoms with Crippen LogP contribution in [0.3, 0.4) is 0 Å². The van der Waals surface area contributed by atoms with Crippen molar-refractivity contribution in [2.75, 3.05) is 24.5 Å². The van der Waals surface area contributed by atoms with E-state index in [1.807, 2.05) is 36.4 Å². The fourth-order valence-corrected chi connectivity index (χ4v) is 4.51. The van der Waals surface area contributed by atoms with Gasteiger partial charge >= 0.3 is 0 Å². The summed E-state index contributed by atoms with van der Waals surface area (Å²) in [5, 5.41) is 4.32. The molecule has 1 amide bonds. The Bertz CT molecular complexity index is 1220. The Labute approximate surface area is 192 Å². The molecule has 2 aromatic heterocycles. The number of piperidine rings is 1. The maximum atomic E-state index is 14.1. The third-order valence-electron chi connectivity index (χ3n) is 6.39. The molecule has 1 saturated heterocycles. The fraction of sp³-hybridized carbons (Fsp3) is 0.360. The SMILES string of the molecule is CC(=O)N1CCc2nc(N3CCC(=Cc4ccccc4F)CC3)c(-c3cnn(C)c3)nc2C1. The molecule has 0 spiro atoms. The predicted molar refractivity (Wildman–Crippen MR) is 125 cm³/mol. The first-order valence-corrected chi connectivity index (χ1v) is 11.3. The van der Waals surface area contributed by atoms with Crippen LogP contribution in [0, 0.1) is 5.82 Å². The number of aryl methyl sites for hydroxylation is 1. The first-order valence-electron chi connectivity index (χ1n) is 11.3. The molecule has 0 atom stereocenters. The van der Waals surface area contributed by atoms with Crippen molar-refractivity contribution in [1.29, 1.82) is 0 Å². The number of carbonyl (C=O) groups excluding carboxylic acids is 1. The van der Waals surface area contributed by atoms with E-state index in [0.717, 1.165) is 54.4 Å². The zero-order valence-electron chi connectivity index (χ0n) is 19.0. The van der Waals surface area contributed by atoms with Crippen molar-refractivity contribution >= 4 is 17.8 Å². The van der Waals surface area contributed by atoms with Crippen molar-refractivity contribution in [3.8, 4) is 11.3 Å². The molecule has 0 N–H and O–H groups in total. The highest BCUT2D eigenvalue weighted by Crippen LogP contribution is 2.33. The Hall–Kier alpha value is -3.55. The highest BCUT2D eigenvalue weighted by Gasteiger charge is 2.27. The third kappa shape index (κ3) is 4.37. The van der Waals surface area contributed by atoms with Crippen LogP contribution in [-0.4, -0.2) is 50.2 Å². The van der Waals surface area contributed by atoms with E-state index < -0.39 is 0 Å². The molecule has 0 unspecified atom stereocenters. The second kappa shape index (κ2) is 8.77. The van der Waals surface area contributed by atoms with Gasteiger partial charge < -0.3 is 9.80 Å². The van der Waals surface area contributed by atoms with Gasteiger partial charge in [-0.25, -0.2) is 14.4 Å². The number of halogens is 1. The summed E-state index contributed by atoms with van der Waals surface area (Å²) in [5.74, 6) is 0.731. The maximum Gasteiger partial charge on any atom is 0.219 e. The fourth-order valence-electron chi connectivity index (χ4n) is 4.51. The number of benzene rings is 1. The van der Waals surface area contributed by atoms with Crippen LogP contribution >= 0.6 is 0 Å². The van der Waals surface area contributed by atoms with Crippen LogP contribution < -0.4 is 4.90 Å². The van der Waals surface area contributed by atoms with Crippen LogP contribution in [-0.2, 0) is 24.8 Å². The molecule has 7 nitrogen and oxygen atoms in total. The van der Waals surface area contributed by atoms with E-state index in [-0.39, 0.29) is 11.7 Å². The van der Waals surface area contributed by atoms with Crippen molar-refractivity contribution in [2.24, 2.45) is 7.05 Å². The summed E-state index contributed by atoms with van der Waals surface area (Å²) in [5.41, 5.74) is 5.41. The Morgan fingerprint density at radius 1 is 1.06 bits per heavy atom. The normalized spacial score (nSPS) is 16.0. The van der Waals surface area contributed by atoms with E-state index in [1.165, 1.54) is 11.6 Å². The minimum Gasteiger partial charge on any atom is -0.354 e. The molecule has 5 rings (SSSR count). The number of anilines is 1. The molecule has 1 fully saturated rings. The van der Waals surface area contributed by atoms with Crippen LogP contribution in [0.1, 0.15) is 36.7 Å². The highest BCUT2D eigenvalue weighted by molar-refractivity contribution is 5.74. The summed E-state index contributed by atoms with van der Waals surface area (Å²) >= 11 is 0. The van der Waals surface area contributed by atoms with Gasteiger partial charge in [-0.05, 0) is 18.9 Å². The Morgan fingerprint density at radius 3 is 2.55 bits per heavy atom. The lowest BCUT2D eigenvalue weighted by molar-refractivity contribution is -0.129. The number of carbonyl (C=O) groups is 1. The first kappa shape index (κ1) is 21.3. The van der Waals surface area contributed by atoms with Crippen LogP contribution in [0.4, 0.5) is 10.2 Å². The van der Waals surface area contributed by atoms with Gasteiger partial charge in [0.25, 0.3) is 0 Å². The minimum absolute atomic E-state index is 0.0552. The summed E-state index contributed by atoms with van der Waals surface area (Å²) in [6.07, 6.45) is 8.12. The molecule has 0 bridgehead atoms. The van der Waals surface area contributed by atoms with E-state index in [4.69, 9.17) is 9.97 Å². The first-order chi connectivity index (χ1) is 16.0. The number of aromatic nitrogens is 4. The Balaban J connectivity index is 1.44. The number of nitrogens with zero attached hydrogens (tertiary/aromatic N) is 6. The lowest BCUT2D eigenvalue weighted by atomic mass is 10.00. The molecule has 2 aliphatic heterocycles. The lowest BCUT2D eigenvalue weighted by Crippen LogP contribution is -2.37. The molecular weight excluding hydrogens is 419 g/mol. The minimum atomic E-state index is -0.188. The molecule has 2 aliphatic rings. The number of amides is 1. The largest absolute Gasteiger partial charge is 0.354 e. The second-order valence-electron chi connectivity index (χ2n) is 8.69. The predicted octanol–water partition coefficient (Wildman–Crippen LogP) is 3.60. The van der Waals surface area contributed by atoms with Gasteiger partial charge in [0.2, 0.25) is 5.91 Å². The van der Waals surface area contributed by atoms with E-state index in [1.54, 1.807) is 23.9 Å². The average molecular weight is 447 g/mol. The van der Waals surface area contributed by atoms with Gasteiger partial charge in [-0.15, -0.1) is 0 Å². The molecular formula is C25H27FN6O. The summed E-state index contributed by atoms with van der Waals surface area (Å²) in [4.78, 5) is 26.0. The molecule has 3 aromatic rings. The molecule has 1 aromatic carbocycles. The Morgan fingerprint density at radius 2 is 1.85 bits per heavy atom. The number of hydrogen-bond donors (Lipinski definition) is 0. The van der Waals surface area contributed by atoms with Gasteiger partial charge in [0.15, 0.2) is 5.82 Å². The highest BCUT2D eigenvalue weighted by atomic mass is 19.1. The summed E-state index contributed by atoms with van der Waals surface area (Å²) in [6, 6.07) is 6.89. The van der Waals surface area contributed by atoms with E-state index in [9.17, 15) is 9.18 Å². The topological polar surface area (TPSA) is 67.2 Å². The summed E-state index contributed by atoms with van der Waals surface area (Å²) in [7, 11) is 1.88. The molecule has 4 heterocycles. The second-order valence-corrected chi connectivity index (χ2v) is 8.69.